The Morgan fingerprint density at radius 3 is 2.38 bits per heavy atom. The fourth-order valence-corrected chi connectivity index (χ4v) is 2.21. The van der Waals surface area contributed by atoms with E-state index in [1.54, 1.807) is 0 Å². The Bertz CT molecular complexity index is 785. The first-order valence-corrected chi connectivity index (χ1v) is 7.58. The van der Waals surface area contributed by atoms with Gasteiger partial charge in [-0.3, -0.25) is 0 Å². The molecule has 0 aliphatic carbocycles. The van der Waals surface area contributed by atoms with Crippen molar-refractivity contribution in [3.05, 3.63) is 52.8 Å². The summed E-state index contributed by atoms with van der Waals surface area (Å²) < 4.78 is 67.1. The van der Waals surface area contributed by atoms with Gasteiger partial charge in [0, 0.05) is 6.07 Å². The maximum Gasteiger partial charge on any atom is 0.416 e. The maximum absolute atomic E-state index is 14.0. The number of rotatable bonds is 5. The summed E-state index contributed by atoms with van der Waals surface area (Å²) in [5.74, 6) is -2.16. The summed E-state index contributed by atoms with van der Waals surface area (Å²) in [7, 11) is 1.21. The van der Waals surface area contributed by atoms with Crippen molar-refractivity contribution in [2.75, 3.05) is 7.11 Å². The molecule has 0 saturated heterocycles. The van der Waals surface area contributed by atoms with Crippen LogP contribution >= 0.6 is 11.6 Å². The minimum atomic E-state index is -4.74. The standard InChI is InChI=1S/C17H13ClF4O4/c1-9(16(23)24-2)25-11-4-3-5-12(8-11)26-15-13(18)6-10(7-14(15)19)17(20,21)22/h3-9H,1-2H3/t9-/m1/s1. The first kappa shape index (κ1) is 19.8. The quantitative estimate of drug-likeness (QED) is 0.516. The molecule has 0 spiro atoms. The van der Waals surface area contributed by atoms with Gasteiger partial charge in [-0.1, -0.05) is 17.7 Å². The average Bonchev–Trinajstić information content (AvgIpc) is 2.56. The lowest BCUT2D eigenvalue weighted by molar-refractivity contribution is -0.148. The average molecular weight is 393 g/mol. The summed E-state index contributed by atoms with van der Waals surface area (Å²) in [6, 6.07) is 6.61. The van der Waals surface area contributed by atoms with E-state index in [2.05, 4.69) is 4.74 Å². The van der Waals surface area contributed by atoms with Crippen molar-refractivity contribution in [2.45, 2.75) is 19.2 Å². The topological polar surface area (TPSA) is 44.8 Å². The molecule has 0 radical (unpaired) electrons. The van der Waals surface area contributed by atoms with Crippen molar-refractivity contribution in [3.8, 4) is 17.2 Å². The fraction of sp³-hybridized carbons (Fsp3) is 0.235. The van der Waals surface area contributed by atoms with Crippen molar-refractivity contribution in [3.63, 3.8) is 0 Å². The highest BCUT2D eigenvalue weighted by Crippen LogP contribution is 2.39. The molecule has 2 aromatic rings. The van der Waals surface area contributed by atoms with E-state index in [9.17, 15) is 22.4 Å². The normalized spacial score (nSPS) is 12.4. The Labute approximate surface area is 151 Å². The zero-order valence-electron chi connectivity index (χ0n) is 13.6. The molecule has 0 saturated carbocycles. The zero-order valence-corrected chi connectivity index (χ0v) is 14.3. The summed E-state index contributed by atoms with van der Waals surface area (Å²) in [4.78, 5) is 11.4. The first-order valence-electron chi connectivity index (χ1n) is 7.20. The zero-order chi connectivity index (χ0) is 19.5. The van der Waals surface area contributed by atoms with E-state index >= 15 is 0 Å². The lowest BCUT2D eigenvalue weighted by Crippen LogP contribution is -2.24. The number of hydrogen-bond donors (Lipinski definition) is 0. The number of alkyl halides is 3. The van der Waals surface area contributed by atoms with Crippen molar-refractivity contribution < 1.29 is 36.6 Å². The van der Waals surface area contributed by atoms with Gasteiger partial charge in [-0.15, -0.1) is 0 Å². The van der Waals surface area contributed by atoms with Crippen molar-refractivity contribution in [2.24, 2.45) is 0 Å². The molecular weight excluding hydrogens is 380 g/mol. The van der Waals surface area contributed by atoms with Gasteiger partial charge in [0.05, 0.1) is 17.7 Å². The van der Waals surface area contributed by atoms with Gasteiger partial charge in [0.1, 0.15) is 11.5 Å². The van der Waals surface area contributed by atoms with Gasteiger partial charge < -0.3 is 14.2 Å². The van der Waals surface area contributed by atoms with Crippen molar-refractivity contribution in [1.82, 2.24) is 0 Å². The number of carbonyl (C=O) groups is 1. The van der Waals surface area contributed by atoms with Crippen LogP contribution in [-0.2, 0) is 15.7 Å². The van der Waals surface area contributed by atoms with Crippen LogP contribution in [0.2, 0.25) is 5.02 Å². The number of methoxy groups -OCH3 is 1. The van der Waals surface area contributed by atoms with Gasteiger partial charge in [0.15, 0.2) is 17.7 Å². The molecule has 9 heteroatoms. The minimum absolute atomic E-state index is 0.0557. The largest absolute Gasteiger partial charge is 0.479 e. The Balaban J connectivity index is 2.24. The molecule has 2 rings (SSSR count). The third-order valence-electron chi connectivity index (χ3n) is 3.20. The molecule has 0 heterocycles. The van der Waals surface area contributed by atoms with E-state index in [0.717, 1.165) is 0 Å². The Morgan fingerprint density at radius 1 is 1.15 bits per heavy atom. The number of esters is 1. The maximum atomic E-state index is 14.0. The first-order chi connectivity index (χ1) is 12.1. The van der Waals surface area contributed by atoms with E-state index in [-0.39, 0.29) is 11.5 Å². The molecule has 2 aromatic carbocycles. The number of ether oxygens (including phenoxy) is 3. The van der Waals surface area contributed by atoms with Crippen LogP contribution in [0.15, 0.2) is 36.4 Å². The lowest BCUT2D eigenvalue weighted by Gasteiger charge is -2.15. The summed E-state index contributed by atoms with van der Waals surface area (Å²) in [5.41, 5.74) is -1.23. The summed E-state index contributed by atoms with van der Waals surface area (Å²) in [6.07, 6.45) is -5.64. The lowest BCUT2D eigenvalue weighted by atomic mass is 10.2. The van der Waals surface area contributed by atoms with Crippen molar-refractivity contribution >= 4 is 17.6 Å². The minimum Gasteiger partial charge on any atom is -0.479 e. The van der Waals surface area contributed by atoms with E-state index in [1.165, 1.54) is 38.3 Å². The highest BCUT2D eigenvalue weighted by Gasteiger charge is 2.32. The highest BCUT2D eigenvalue weighted by atomic mass is 35.5. The Morgan fingerprint density at radius 2 is 1.81 bits per heavy atom. The summed E-state index contributed by atoms with van der Waals surface area (Å²) >= 11 is 5.72. The van der Waals surface area contributed by atoms with Gasteiger partial charge in [-0.25, -0.2) is 9.18 Å². The van der Waals surface area contributed by atoms with Crippen LogP contribution in [0.4, 0.5) is 17.6 Å². The van der Waals surface area contributed by atoms with Gasteiger partial charge in [0.2, 0.25) is 0 Å². The van der Waals surface area contributed by atoms with Gasteiger partial charge in [-0.05, 0) is 31.2 Å². The number of hydrogen-bond acceptors (Lipinski definition) is 4. The number of benzene rings is 2. The molecule has 0 unspecified atom stereocenters. The van der Waals surface area contributed by atoms with Crippen molar-refractivity contribution in [1.29, 1.82) is 0 Å². The van der Waals surface area contributed by atoms with Crippen LogP contribution in [0.1, 0.15) is 12.5 Å². The molecule has 0 aliphatic heterocycles. The number of halogens is 5. The third-order valence-corrected chi connectivity index (χ3v) is 3.48. The molecule has 0 N–H and O–H groups in total. The van der Waals surface area contributed by atoms with Crippen LogP contribution in [0.3, 0.4) is 0 Å². The predicted molar refractivity (Wildman–Crippen MR) is 85.0 cm³/mol. The smallest absolute Gasteiger partial charge is 0.416 e. The SMILES string of the molecule is COC(=O)[C@@H](C)Oc1cccc(Oc2c(F)cc(C(F)(F)F)cc2Cl)c1. The van der Waals surface area contributed by atoms with E-state index in [0.29, 0.717) is 12.1 Å². The molecule has 0 aliphatic rings. The van der Waals surface area contributed by atoms with Crippen LogP contribution < -0.4 is 9.47 Å². The van der Waals surface area contributed by atoms with Gasteiger partial charge in [0.25, 0.3) is 0 Å². The van der Waals surface area contributed by atoms with Gasteiger partial charge >= 0.3 is 12.1 Å². The molecule has 0 fully saturated rings. The molecule has 0 aromatic heterocycles. The predicted octanol–water partition coefficient (Wildman–Crippen LogP) is 5.23. The van der Waals surface area contributed by atoms with Crippen LogP contribution in [-0.4, -0.2) is 19.2 Å². The van der Waals surface area contributed by atoms with E-state index < -0.39 is 40.4 Å². The highest BCUT2D eigenvalue weighted by molar-refractivity contribution is 6.32. The van der Waals surface area contributed by atoms with Crippen LogP contribution in [0.5, 0.6) is 17.2 Å². The monoisotopic (exact) mass is 392 g/mol. The third kappa shape index (κ3) is 4.78. The Hall–Kier alpha value is -2.48. The second-order valence-corrected chi connectivity index (χ2v) is 5.53. The molecule has 1 atom stereocenters. The molecule has 140 valence electrons. The molecule has 26 heavy (non-hydrogen) atoms. The number of carbonyl (C=O) groups excluding carboxylic acids is 1. The second kappa shape index (κ2) is 7.82. The Kier molecular flexibility index (Phi) is 5.97. The fourth-order valence-electron chi connectivity index (χ4n) is 1.97. The molecule has 4 nitrogen and oxygen atoms in total. The van der Waals surface area contributed by atoms with E-state index in [1.807, 2.05) is 0 Å². The van der Waals surface area contributed by atoms with Crippen LogP contribution in [0.25, 0.3) is 0 Å². The molecule has 0 amide bonds. The second-order valence-electron chi connectivity index (χ2n) is 5.13. The molecular formula is C17H13ClF4O4. The summed E-state index contributed by atoms with van der Waals surface area (Å²) in [5, 5.41) is -0.536. The molecule has 0 bridgehead atoms. The summed E-state index contributed by atoms with van der Waals surface area (Å²) in [6.45, 7) is 1.46. The van der Waals surface area contributed by atoms with E-state index in [4.69, 9.17) is 21.1 Å². The van der Waals surface area contributed by atoms with Gasteiger partial charge in [-0.2, -0.15) is 13.2 Å². The van der Waals surface area contributed by atoms with Crippen LogP contribution in [0, 0.1) is 5.82 Å².